The molecule has 0 aliphatic rings. The lowest BCUT2D eigenvalue weighted by Gasteiger charge is -2.09. The lowest BCUT2D eigenvalue weighted by molar-refractivity contribution is 0.0461. The third-order valence-corrected chi connectivity index (χ3v) is 4.75. The third-order valence-electron chi connectivity index (χ3n) is 4.75. The summed E-state index contributed by atoms with van der Waals surface area (Å²) in [6.45, 7) is 4.21. The first-order valence-corrected chi connectivity index (χ1v) is 9.68. The van der Waals surface area contributed by atoms with Gasteiger partial charge in [-0.25, -0.2) is 4.79 Å². The molecule has 0 aliphatic carbocycles. The van der Waals surface area contributed by atoms with Crippen LogP contribution in [0.3, 0.4) is 0 Å². The van der Waals surface area contributed by atoms with E-state index in [0.29, 0.717) is 12.1 Å². The molecule has 0 atom stereocenters. The standard InChI is InChI=1S/C22H22N6O3/c1-14-11-18(15(2)28(14)12-17-9-6-10-30-17)20(29)31-13-19-25-21(23)27-22(26-19)24-16-7-4-3-5-8-16/h3-11H,12-13H2,1-2H3,(H3,23,24,25,26,27). The normalized spacial score (nSPS) is 10.8. The average Bonchev–Trinajstić information content (AvgIpc) is 3.36. The number of carbonyl (C=O) groups excluding carboxylic acids is 1. The lowest BCUT2D eigenvalue weighted by atomic mass is 10.2. The van der Waals surface area contributed by atoms with Crippen molar-refractivity contribution in [3.05, 3.63) is 83.3 Å². The monoisotopic (exact) mass is 418 g/mol. The predicted molar refractivity (Wildman–Crippen MR) is 115 cm³/mol. The minimum atomic E-state index is -0.463. The van der Waals surface area contributed by atoms with Gasteiger partial charge in [0, 0.05) is 17.1 Å². The van der Waals surface area contributed by atoms with Gasteiger partial charge in [0.05, 0.1) is 18.4 Å². The fourth-order valence-electron chi connectivity index (χ4n) is 3.23. The molecular formula is C22H22N6O3. The number of nitrogens with zero attached hydrogens (tertiary/aromatic N) is 4. The third kappa shape index (κ3) is 4.72. The van der Waals surface area contributed by atoms with E-state index in [-0.39, 0.29) is 24.3 Å². The summed E-state index contributed by atoms with van der Waals surface area (Å²) in [5.41, 5.74) is 8.80. The van der Waals surface area contributed by atoms with Crippen molar-refractivity contribution in [1.29, 1.82) is 0 Å². The number of ether oxygens (including phenoxy) is 1. The molecule has 3 heterocycles. The molecule has 3 aromatic heterocycles. The molecule has 0 radical (unpaired) electrons. The number of aromatic nitrogens is 4. The summed E-state index contributed by atoms with van der Waals surface area (Å²) in [4.78, 5) is 25.1. The topological polar surface area (TPSA) is 121 Å². The summed E-state index contributed by atoms with van der Waals surface area (Å²) < 4.78 is 12.9. The molecule has 0 fully saturated rings. The van der Waals surface area contributed by atoms with Crippen LogP contribution in [0.5, 0.6) is 0 Å². The molecule has 158 valence electrons. The van der Waals surface area contributed by atoms with Crippen LogP contribution in [0, 0.1) is 13.8 Å². The van der Waals surface area contributed by atoms with Crippen molar-refractivity contribution in [2.24, 2.45) is 0 Å². The van der Waals surface area contributed by atoms with Crippen molar-refractivity contribution in [3.8, 4) is 0 Å². The summed E-state index contributed by atoms with van der Waals surface area (Å²) in [7, 11) is 0. The van der Waals surface area contributed by atoms with E-state index in [1.807, 2.05) is 60.9 Å². The number of carbonyl (C=O) groups is 1. The Balaban J connectivity index is 1.45. The molecule has 9 heteroatoms. The molecule has 9 nitrogen and oxygen atoms in total. The lowest BCUT2D eigenvalue weighted by Crippen LogP contribution is -2.12. The van der Waals surface area contributed by atoms with Crippen molar-refractivity contribution in [1.82, 2.24) is 19.5 Å². The maximum absolute atomic E-state index is 12.7. The Morgan fingerprint density at radius 2 is 1.94 bits per heavy atom. The van der Waals surface area contributed by atoms with Crippen LogP contribution >= 0.6 is 0 Å². The fraction of sp³-hybridized carbons (Fsp3) is 0.182. The van der Waals surface area contributed by atoms with Gasteiger partial charge in [-0.15, -0.1) is 0 Å². The zero-order valence-corrected chi connectivity index (χ0v) is 17.2. The smallest absolute Gasteiger partial charge is 0.340 e. The van der Waals surface area contributed by atoms with E-state index in [2.05, 4.69) is 20.3 Å². The first-order valence-electron chi connectivity index (χ1n) is 9.68. The van der Waals surface area contributed by atoms with E-state index in [4.69, 9.17) is 14.9 Å². The van der Waals surface area contributed by atoms with Crippen molar-refractivity contribution < 1.29 is 13.9 Å². The zero-order valence-electron chi connectivity index (χ0n) is 17.2. The van der Waals surface area contributed by atoms with E-state index < -0.39 is 5.97 Å². The Morgan fingerprint density at radius 3 is 2.68 bits per heavy atom. The number of hydrogen-bond donors (Lipinski definition) is 2. The van der Waals surface area contributed by atoms with E-state index in [1.165, 1.54) is 0 Å². The van der Waals surface area contributed by atoms with Crippen molar-refractivity contribution in [2.45, 2.75) is 27.0 Å². The van der Waals surface area contributed by atoms with E-state index in [1.54, 1.807) is 12.3 Å². The summed E-state index contributed by atoms with van der Waals surface area (Å²) in [5.74, 6) is 0.914. The number of anilines is 3. The zero-order chi connectivity index (χ0) is 21.8. The Kier molecular flexibility index (Phi) is 5.65. The number of rotatable bonds is 7. The van der Waals surface area contributed by atoms with Crippen LogP contribution in [0.15, 0.2) is 59.2 Å². The maximum atomic E-state index is 12.7. The number of para-hydroxylation sites is 1. The van der Waals surface area contributed by atoms with Gasteiger partial charge in [0.25, 0.3) is 0 Å². The van der Waals surface area contributed by atoms with Gasteiger partial charge in [-0.05, 0) is 44.2 Å². The number of furan rings is 1. The highest BCUT2D eigenvalue weighted by molar-refractivity contribution is 5.91. The van der Waals surface area contributed by atoms with E-state index in [9.17, 15) is 4.79 Å². The SMILES string of the molecule is Cc1cc(C(=O)OCc2nc(N)nc(Nc3ccccc3)n2)c(C)n1Cc1ccco1. The summed E-state index contributed by atoms with van der Waals surface area (Å²) in [6.07, 6.45) is 1.63. The number of nitrogens with two attached hydrogens (primary N) is 1. The molecule has 4 rings (SSSR count). The molecule has 0 spiro atoms. The molecule has 0 aliphatic heterocycles. The molecule has 0 unspecified atom stereocenters. The van der Waals surface area contributed by atoms with Gasteiger partial charge >= 0.3 is 5.97 Å². The Labute approximate surface area is 178 Å². The number of aryl methyl sites for hydroxylation is 1. The van der Waals surface area contributed by atoms with Crippen LogP contribution in [0.4, 0.5) is 17.6 Å². The van der Waals surface area contributed by atoms with E-state index in [0.717, 1.165) is 22.8 Å². The van der Waals surface area contributed by atoms with Gasteiger partial charge in [0.15, 0.2) is 12.4 Å². The first kappa shape index (κ1) is 20.1. The Bertz CT molecular complexity index is 1190. The van der Waals surface area contributed by atoms with Crippen molar-refractivity contribution >= 4 is 23.6 Å². The van der Waals surface area contributed by atoms with E-state index >= 15 is 0 Å². The molecule has 4 aromatic rings. The van der Waals surface area contributed by atoms with Crippen molar-refractivity contribution in [3.63, 3.8) is 0 Å². The highest BCUT2D eigenvalue weighted by atomic mass is 16.5. The van der Waals surface area contributed by atoms with Crippen LogP contribution in [0.25, 0.3) is 0 Å². The van der Waals surface area contributed by atoms with Crippen molar-refractivity contribution in [2.75, 3.05) is 11.1 Å². The minimum Gasteiger partial charge on any atom is -0.467 e. The molecule has 31 heavy (non-hydrogen) atoms. The molecule has 0 saturated heterocycles. The van der Waals surface area contributed by atoms with Gasteiger partial charge in [0.2, 0.25) is 11.9 Å². The molecule has 3 N–H and O–H groups in total. The number of hydrogen-bond acceptors (Lipinski definition) is 8. The van der Waals surface area contributed by atoms with Crippen LogP contribution in [-0.2, 0) is 17.9 Å². The van der Waals surface area contributed by atoms with Gasteiger partial charge in [-0.2, -0.15) is 15.0 Å². The number of benzene rings is 1. The van der Waals surface area contributed by atoms with Gasteiger partial charge in [0.1, 0.15) is 5.76 Å². The second kappa shape index (κ2) is 8.70. The Hall–Kier alpha value is -4.14. The molecule has 0 amide bonds. The maximum Gasteiger partial charge on any atom is 0.340 e. The van der Waals surface area contributed by atoms with Crippen LogP contribution in [-0.4, -0.2) is 25.5 Å². The van der Waals surface area contributed by atoms with Gasteiger partial charge < -0.3 is 24.8 Å². The predicted octanol–water partition coefficient (Wildman–Crippen LogP) is 3.61. The molecule has 1 aromatic carbocycles. The number of nitrogen functional groups attached to an aromatic ring is 1. The quantitative estimate of drug-likeness (QED) is 0.437. The largest absolute Gasteiger partial charge is 0.467 e. The first-order chi connectivity index (χ1) is 15.0. The second-order valence-corrected chi connectivity index (χ2v) is 6.95. The number of esters is 1. The summed E-state index contributed by atoms with van der Waals surface area (Å²) in [5, 5.41) is 3.05. The Morgan fingerprint density at radius 1 is 1.13 bits per heavy atom. The van der Waals surface area contributed by atoms with Crippen LogP contribution in [0.1, 0.15) is 33.3 Å². The highest BCUT2D eigenvalue weighted by Gasteiger charge is 2.18. The van der Waals surface area contributed by atoms with Crippen LogP contribution < -0.4 is 11.1 Å². The summed E-state index contributed by atoms with van der Waals surface area (Å²) >= 11 is 0. The summed E-state index contributed by atoms with van der Waals surface area (Å²) in [6, 6.07) is 14.9. The molecular weight excluding hydrogens is 396 g/mol. The molecule has 0 bridgehead atoms. The van der Waals surface area contributed by atoms with Gasteiger partial charge in [-0.3, -0.25) is 0 Å². The number of nitrogens with one attached hydrogen (secondary N) is 1. The van der Waals surface area contributed by atoms with Gasteiger partial charge in [-0.1, -0.05) is 18.2 Å². The molecule has 0 saturated carbocycles. The van der Waals surface area contributed by atoms with Crippen LogP contribution in [0.2, 0.25) is 0 Å². The second-order valence-electron chi connectivity index (χ2n) is 6.95. The fourth-order valence-corrected chi connectivity index (χ4v) is 3.23. The minimum absolute atomic E-state index is 0.0381. The average molecular weight is 418 g/mol. The highest BCUT2D eigenvalue weighted by Crippen LogP contribution is 2.19.